The monoisotopic (exact) mass is 470 g/mol. The van der Waals surface area contributed by atoms with Crippen molar-refractivity contribution in [1.29, 1.82) is 0 Å². The molecule has 0 aliphatic carbocycles. The fourth-order valence-corrected chi connectivity index (χ4v) is 3.65. The maximum Gasteiger partial charge on any atom is 0.253 e. The van der Waals surface area contributed by atoms with Gasteiger partial charge in [0.15, 0.2) is 0 Å². The molecule has 5 rings (SSSR count). The van der Waals surface area contributed by atoms with E-state index in [2.05, 4.69) is 27.2 Å². The van der Waals surface area contributed by atoms with Crippen molar-refractivity contribution in [3.63, 3.8) is 0 Å². The average Bonchev–Trinajstić information content (AvgIpc) is 3.53. The van der Waals surface area contributed by atoms with Gasteiger partial charge in [0.05, 0.1) is 36.0 Å². The predicted molar refractivity (Wildman–Crippen MR) is 122 cm³/mol. The van der Waals surface area contributed by atoms with E-state index in [1.54, 1.807) is 18.2 Å². The number of rotatable bonds is 7. The van der Waals surface area contributed by atoms with Crippen LogP contribution in [0.1, 0.15) is 6.42 Å². The zero-order chi connectivity index (χ0) is 22.9. The van der Waals surface area contributed by atoms with Gasteiger partial charge < -0.3 is 24.8 Å². The largest absolute Gasteiger partial charge is 0.486 e. The van der Waals surface area contributed by atoms with Gasteiger partial charge in [-0.1, -0.05) is 18.2 Å². The van der Waals surface area contributed by atoms with Crippen LogP contribution in [-0.4, -0.2) is 47.9 Å². The van der Waals surface area contributed by atoms with Gasteiger partial charge in [0.2, 0.25) is 0 Å². The molecule has 3 aromatic rings. The van der Waals surface area contributed by atoms with Gasteiger partial charge in [-0.3, -0.25) is 4.79 Å². The second-order valence-electron chi connectivity index (χ2n) is 7.75. The van der Waals surface area contributed by atoms with Crippen molar-refractivity contribution in [2.24, 2.45) is 0 Å². The molecule has 10 heteroatoms. The standard InChI is InChI=1S/C23H20ClFN4O4/c1-12(21-10-32-21)23(30)29-19-7-15-18(8-20(19)33-14-4-5-31-9-14)26-11-27-22(15)28-13-2-3-17(25)16(24)6-13/h2-3,6-8,11,14,21H,1,4-5,9-10H2,(H,29,30)(H,26,27,28)/t14-,21?/m0/s1. The molecule has 2 atom stereocenters. The first-order valence-electron chi connectivity index (χ1n) is 10.3. The van der Waals surface area contributed by atoms with E-state index in [4.69, 9.17) is 25.8 Å². The van der Waals surface area contributed by atoms with Crippen LogP contribution in [-0.2, 0) is 14.3 Å². The van der Waals surface area contributed by atoms with Crippen LogP contribution in [0.25, 0.3) is 10.9 Å². The highest BCUT2D eigenvalue weighted by atomic mass is 35.5. The summed E-state index contributed by atoms with van der Waals surface area (Å²) in [5.74, 6) is 0.0435. The van der Waals surface area contributed by atoms with Crippen molar-refractivity contribution in [2.75, 3.05) is 30.5 Å². The lowest BCUT2D eigenvalue weighted by Gasteiger charge is -2.18. The van der Waals surface area contributed by atoms with E-state index in [9.17, 15) is 9.18 Å². The molecule has 0 spiro atoms. The number of carbonyl (C=O) groups is 1. The van der Waals surface area contributed by atoms with Crippen molar-refractivity contribution in [3.05, 3.63) is 59.7 Å². The van der Waals surface area contributed by atoms with Crippen LogP contribution in [0.15, 0.2) is 48.8 Å². The Hall–Kier alpha value is -3.27. The van der Waals surface area contributed by atoms with Crippen LogP contribution < -0.4 is 15.4 Å². The highest BCUT2D eigenvalue weighted by molar-refractivity contribution is 6.31. The third-order valence-corrected chi connectivity index (χ3v) is 5.65. The van der Waals surface area contributed by atoms with Crippen LogP contribution in [0, 0.1) is 5.82 Å². The first kappa shape index (κ1) is 21.6. The van der Waals surface area contributed by atoms with Crippen molar-refractivity contribution in [3.8, 4) is 5.75 Å². The number of fused-ring (bicyclic) bond motifs is 1. The number of anilines is 3. The van der Waals surface area contributed by atoms with E-state index in [0.29, 0.717) is 59.2 Å². The molecule has 33 heavy (non-hydrogen) atoms. The van der Waals surface area contributed by atoms with Crippen LogP contribution in [0.4, 0.5) is 21.6 Å². The van der Waals surface area contributed by atoms with Crippen LogP contribution in [0.3, 0.4) is 0 Å². The minimum atomic E-state index is -0.516. The number of halogens is 2. The summed E-state index contributed by atoms with van der Waals surface area (Å²) in [5.41, 5.74) is 1.93. The Morgan fingerprint density at radius 3 is 2.82 bits per heavy atom. The van der Waals surface area contributed by atoms with E-state index >= 15 is 0 Å². The first-order chi connectivity index (χ1) is 16.0. The van der Waals surface area contributed by atoms with Gasteiger partial charge in [-0.25, -0.2) is 14.4 Å². The summed E-state index contributed by atoms with van der Waals surface area (Å²) in [5, 5.41) is 6.60. The summed E-state index contributed by atoms with van der Waals surface area (Å²) in [4.78, 5) is 21.4. The van der Waals surface area contributed by atoms with Crippen molar-refractivity contribution in [2.45, 2.75) is 18.6 Å². The zero-order valence-electron chi connectivity index (χ0n) is 17.4. The predicted octanol–water partition coefficient (Wildman–Crippen LogP) is 4.23. The van der Waals surface area contributed by atoms with Gasteiger partial charge in [-0.15, -0.1) is 0 Å². The number of aromatic nitrogens is 2. The normalized spacial score (nSPS) is 19.3. The number of hydrogen-bond acceptors (Lipinski definition) is 7. The number of epoxide rings is 1. The third-order valence-electron chi connectivity index (χ3n) is 5.36. The molecule has 2 aromatic carbocycles. The number of carbonyl (C=O) groups excluding carboxylic acids is 1. The lowest BCUT2D eigenvalue weighted by molar-refractivity contribution is -0.113. The van der Waals surface area contributed by atoms with Crippen molar-refractivity contribution in [1.82, 2.24) is 9.97 Å². The second kappa shape index (κ2) is 8.93. The van der Waals surface area contributed by atoms with E-state index in [1.807, 2.05) is 0 Å². The molecule has 2 N–H and O–H groups in total. The summed E-state index contributed by atoms with van der Waals surface area (Å²) in [6.07, 6.45) is 1.76. The van der Waals surface area contributed by atoms with Gasteiger partial charge in [0, 0.05) is 29.1 Å². The molecule has 2 aliphatic rings. The van der Waals surface area contributed by atoms with Crippen LogP contribution >= 0.6 is 11.6 Å². The Morgan fingerprint density at radius 1 is 1.24 bits per heavy atom. The average molecular weight is 471 g/mol. The van der Waals surface area contributed by atoms with E-state index in [-0.39, 0.29) is 23.1 Å². The number of nitrogens with one attached hydrogen (secondary N) is 2. The fraction of sp³-hybridized carbons (Fsp3) is 0.261. The Labute approximate surface area is 193 Å². The van der Waals surface area contributed by atoms with Crippen molar-refractivity contribution < 1.29 is 23.4 Å². The smallest absolute Gasteiger partial charge is 0.253 e. The number of nitrogens with zero attached hydrogens (tertiary/aromatic N) is 2. The Bertz CT molecular complexity index is 1240. The lowest BCUT2D eigenvalue weighted by Crippen LogP contribution is -2.20. The van der Waals surface area contributed by atoms with Gasteiger partial charge in [0.25, 0.3) is 5.91 Å². The molecule has 0 bridgehead atoms. The Kier molecular flexibility index (Phi) is 5.84. The van der Waals surface area contributed by atoms with E-state index in [0.717, 1.165) is 6.42 Å². The van der Waals surface area contributed by atoms with Gasteiger partial charge in [-0.2, -0.15) is 0 Å². The summed E-state index contributed by atoms with van der Waals surface area (Å²) < 4.78 is 30.2. The summed E-state index contributed by atoms with van der Waals surface area (Å²) in [7, 11) is 0. The molecule has 0 saturated carbocycles. The molecule has 2 saturated heterocycles. The summed E-state index contributed by atoms with van der Waals surface area (Å²) >= 11 is 5.90. The minimum Gasteiger partial charge on any atom is -0.486 e. The molecular weight excluding hydrogens is 451 g/mol. The third kappa shape index (κ3) is 4.75. The number of hydrogen-bond donors (Lipinski definition) is 2. The van der Waals surface area contributed by atoms with E-state index < -0.39 is 5.82 Å². The first-order valence-corrected chi connectivity index (χ1v) is 10.7. The highest BCUT2D eigenvalue weighted by Gasteiger charge is 2.31. The molecule has 2 fully saturated rings. The SMILES string of the molecule is C=C(C(=O)Nc1cc2c(Nc3ccc(F)c(Cl)c3)ncnc2cc1O[C@H]1CCOC1)C1CO1. The quantitative estimate of drug-likeness (QED) is 0.394. The molecule has 1 amide bonds. The van der Waals surface area contributed by atoms with Crippen LogP contribution in [0.5, 0.6) is 5.75 Å². The van der Waals surface area contributed by atoms with Gasteiger partial charge >= 0.3 is 0 Å². The maximum absolute atomic E-state index is 13.5. The topological polar surface area (TPSA) is 97.9 Å². The molecule has 3 heterocycles. The highest BCUT2D eigenvalue weighted by Crippen LogP contribution is 2.35. The molecule has 8 nitrogen and oxygen atoms in total. The van der Waals surface area contributed by atoms with Crippen molar-refractivity contribution >= 4 is 45.6 Å². The molecule has 1 unspecified atom stereocenters. The molecular formula is C23H20ClFN4O4. The number of benzene rings is 2. The second-order valence-corrected chi connectivity index (χ2v) is 8.15. The zero-order valence-corrected chi connectivity index (χ0v) is 18.2. The number of ether oxygens (including phenoxy) is 3. The molecule has 170 valence electrons. The van der Waals surface area contributed by atoms with Gasteiger partial charge in [0.1, 0.15) is 35.9 Å². The summed E-state index contributed by atoms with van der Waals surface area (Å²) in [6.45, 7) is 5.39. The Morgan fingerprint density at radius 2 is 2.09 bits per heavy atom. The van der Waals surface area contributed by atoms with Gasteiger partial charge in [-0.05, 0) is 24.3 Å². The maximum atomic E-state index is 13.5. The fourth-order valence-electron chi connectivity index (χ4n) is 3.47. The van der Waals surface area contributed by atoms with Crippen LogP contribution in [0.2, 0.25) is 5.02 Å². The molecule has 0 radical (unpaired) electrons. The minimum absolute atomic E-state index is 0.0124. The Balaban J connectivity index is 1.51. The molecule has 2 aliphatic heterocycles. The summed E-state index contributed by atoms with van der Waals surface area (Å²) in [6, 6.07) is 7.75. The molecule has 1 aromatic heterocycles. The van der Waals surface area contributed by atoms with E-state index in [1.165, 1.54) is 18.5 Å². The lowest BCUT2D eigenvalue weighted by atomic mass is 10.1. The number of amides is 1.